The third kappa shape index (κ3) is 2.04. The summed E-state index contributed by atoms with van der Waals surface area (Å²) in [5.74, 6) is 3.02. The van der Waals surface area contributed by atoms with Crippen LogP contribution in [0.1, 0.15) is 19.8 Å². The molecule has 1 amide bonds. The Morgan fingerprint density at radius 2 is 2.16 bits per heavy atom. The lowest BCUT2D eigenvalue weighted by atomic mass is 9.44. The third-order valence-electron chi connectivity index (χ3n) is 4.65. The van der Waals surface area contributed by atoms with E-state index < -0.39 is 0 Å². The topological polar surface area (TPSA) is 44.1 Å². The second kappa shape index (κ2) is 4.41. The number of hydrogen-bond acceptors (Lipinski definition) is 2. The van der Waals surface area contributed by atoms with Crippen LogP contribution in [-0.4, -0.2) is 19.2 Å². The van der Waals surface area contributed by atoms with Crippen LogP contribution < -0.4 is 4.90 Å². The van der Waals surface area contributed by atoms with Gasteiger partial charge in [0, 0.05) is 24.6 Å². The Labute approximate surface area is 114 Å². The largest absolute Gasteiger partial charge is 0.312 e. The minimum atomic E-state index is 0.0345. The van der Waals surface area contributed by atoms with Crippen LogP contribution in [-0.2, 0) is 4.79 Å². The Hall–Kier alpha value is -1.76. The van der Waals surface area contributed by atoms with Crippen LogP contribution in [0.4, 0.5) is 5.69 Å². The van der Waals surface area contributed by atoms with Crippen LogP contribution in [0.25, 0.3) is 0 Å². The molecule has 3 rings (SSSR count). The normalized spacial score (nSPS) is 30.1. The van der Waals surface area contributed by atoms with Gasteiger partial charge in [-0.2, -0.15) is 0 Å². The fourth-order valence-electron chi connectivity index (χ4n) is 3.76. The van der Waals surface area contributed by atoms with E-state index in [1.54, 1.807) is 0 Å². The maximum atomic E-state index is 12.3. The molecule has 4 heteroatoms. The van der Waals surface area contributed by atoms with Crippen LogP contribution in [0.2, 0.25) is 12.1 Å². The number of hydrogen-bond donors (Lipinski definition) is 0. The first kappa shape index (κ1) is 12.3. The van der Waals surface area contributed by atoms with Crippen molar-refractivity contribution in [2.45, 2.75) is 31.9 Å². The van der Waals surface area contributed by atoms with Gasteiger partial charge in [-0.3, -0.25) is 4.79 Å². The molecule has 0 radical (unpaired) electrons. The first-order valence-electron chi connectivity index (χ1n) is 6.89. The van der Waals surface area contributed by atoms with E-state index in [2.05, 4.69) is 12.9 Å². The van der Waals surface area contributed by atoms with Crippen molar-refractivity contribution in [1.82, 2.24) is 0 Å². The zero-order valence-corrected chi connectivity index (χ0v) is 11.2. The number of para-hydroxylation sites is 1. The molecule has 1 aromatic carbocycles. The van der Waals surface area contributed by atoms with E-state index in [1.807, 2.05) is 35.2 Å². The number of benzene rings is 1. The maximum Gasteiger partial charge on any atom is 0.271 e. The quantitative estimate of drug-likeness (QED) is 0.721. The minimum absolute atomic E-state index is 0.0345. The van der Waals surface area contributed by atoms with Crippen molar-refractivity contribution in [3.05, 3.63) is 30.3 Å². The molecule has 2 saturated heterocycles. The molecule has 0 saturated carbocycles. The van der Waals surface area contributed by atoms with Gasteiger partial charge in [-0.1, -0.05) is 31.4 Å². The maximum absolute atomic E-state index is 12.3. The second-order valence-electron chi connectivity index (χ2n) is 6.11. The van der Waals surface area contributed by atoms with Gasteiger partial charge in [0.1, 0.15) is 0 Å². The van der Waals surface area contributed by atoms with Crippen LogP contribution in [0, 0.1) is 16.6 Å². The predicted octanol–water partition coefficient (Wildman–Crippen LogP) is 2.76. The fourth-order valence-corrected chi connectivity index (χ4v) is 3.76. The van der Waals surface area contributed by atoms with Gasteiger partial charge in [0.15, 0.2) is 0 Å². The molecule has 0 aliphatic carbocycles. The molecule has 3 nitrogen and oxygen atoms in total. The zero-order chi connectivity index (χ0) is 13.5. The lowest BCUT2D eigenvalue weighted by molar-refractivity contribution is -0.117. The molecule has 2 heterocycles. The number of anilines is 1. The third-order valence-corrected chi connectivity index (χ3v) is 4.65. The van der Waals surface area contributed by atoms with Crippen LogP contribution >= 0.6 is 0 Å². The molecular formula is C15H17BN2O. The van der Waals surface area contributed by atoms with E-state index in [-0.39, 0.29) is 18.0 Å². The first-order valence-corrected chi connectivity index (χ1v) is 6.89. The summed E-state index contributed by atoms with van der Waals surface area (Å²) in [6.07, 6.45) is 2.48. The summed E-state index contributed by atoms with van der Waals surface area (Å²) in [6, 6.07) is 9.85. The number of carbonyl (C=O) groups excluding carboxylic acids is 1. The van der Waals surface area contributed by atoms with E-state index in [4.69, 9.17) is 0 Å². The highest BCUT2D eigenvalue weighted by atomic mass is 16.2. The van der Waals surface area contributed by atoms with Gasteiger partial charge in [0.25, 0.3) is 6.71 Å². The fraction of sp³-hybridized carbons (Fsp3) is 0.467. The second-order valence-corrected chi connectivity index (χ2v) is 6.11. The molecular weight excluding hydrogens is 235 g/mol. The SMILES string of the molecule is CC1CC2(CB1C#N)CC(=O)N(c1ccccc1)C2. The van der Waals surface area contributed by atoms with E-state index >= 15 is 0 Å². The molecule has 2 aliphatic rings. The van der Waals surface area contributed by atoms with Crippen LogP contribution in [0.3, 0.4) is 0 Å². The predicted molar refractivity (Wildman–Crippen MR) is 76.1 cm³/mol. The average Bonchev–Trinajstić information content (AvgIpc) is 2.90. The highest BCUT2D eigenvalue weighted by molar-refractivity contribution is 6.69. The number of nitrogens with zero attached hydrogens (tertiary/aromatic N) is 2. The lowest BCUT2D eigenvalue weighted by Crippen LogP contribution is -2.27. The zero-order valence-electron chi connectivity index (χ0n) is 11.2. The van der Waals surface area contributed by atoms with Gasteiger partial charge < -0.3 is 4.90 Å². The van der Waals surface area contributed by atoms with Gasteiger partial charge in [0.05, 0.1) is 0 Å². The summed E-state index contributed by atoms with van der Waals surface area (Å²) >= 11 is 0. The Bertz CT molecular complexity index is 539. The minimum Gasteiger partial charge on any atom is -0.312 e. The van der Waals surface area contributed by atoms with Crippen LogP contribution in [0.15, 0.2) is 30.3 Å². The summed E-state index contributed by atoms with van der Waals surface area (Å²) in [5.41, 5.74) is 1.02. The molecule has 2 atom stereocenters. The molecule has 1 aromatic rings. The Balaban J connectivity index is 1.83. The molecule has 2 fully saturated rings. The van der Waals surface area contributed by atoms with Gasteiger partial charge in [-0.05, 0) is 29.8 Å². The molecule has 96 valence electrons. The van der Waals surface area contributed by atoms with Crippen molar-refractivity contribution in [2.24, 2.45) is 5.41 Å². The standard InChI is InChI=1S/C15H17BN2O/c1-12-7-15(9-16(12)11-17)8-14(19)18(10-15)13-5-3-2-4-6-13/h2-6,12H,7-10H2,1H3. The van der Waals surface area contributed by atoms with E-state index in [0.29, 0.717) is 12.2 Å². The summed E-state index contributed by atoms with van der Waals surface area (Å²) in [7, 11) is 0. The van der Waals surface area contributed by atoms with Crippen LogP contribution in [0.5, 0.6) is 0 Å². The Kier molecular flexibility index (Phi) is 2.85. The van der Waals surface area contributed by atoms with Gasteiger partial charge in [0.2, 0.25) is 5.91 Å². The number of nitriles is 1. The average molecular weight is 252 g/mol. The summed E-state index contributed by atoms with van der Waals surface area (Å²) in [5, 5.41) is 9.18. The monoisotopic (exact) mass is 252 g/mol. The Morgan fingerprint density at radius 1 is 1.42 bits per heavy atom. The highest BCUT2D eigenvalue weighted by Crippen LogP contribution is 2.51. The van der Waals surface area contributed by atoms with Crippen molar-refractivity contribution in [2.75, 3.05) is 11.4 Å². The van der Waals surface area contributed by atoms with E-state index in [1.165, 1.54) is 0 Å². The molecule has 2 aliphatic heterocycles. The molecule has 2 unspecified atom stereocenters. The molecule has 0 N–H and O–H groups in total. The van der Waals surface area contributed by atoms with E-state index in [9.17, 15) is 10.1 Å². The summed E-state index contributed by atoms with van der Waals surface area (Å²) < 4.78 is 0. The Morgan fingerprint density at radius 3 is 2.79 bits per heavy atom. The van der Waals surface area contributed by atoms with Crippen molar-refractivity contribution in [1.29, 1.82) is 5.26 Å². The summed E-state index contributed by atoms with van der Waals surface area (Å²) in [6.45, 7) is 3.03. The van der Waals surface area contributed by atoms with Crippen molar-refractivity contribution < 1.29 is 4.79 Å². The molecule has 1 spiro atoms. The van der Waals surface area contributed by atoms with Gasteiger partial charge in [-0.25, -0.2) is 5.26 Å². The van der Waals surface area contributed by atoms with Crippen molar-refractivity contribution >= 4 is 18.3 Å². The molecule has 0 aromatic heterocycles. The number of amides is 1. The number of rotatable bonds is 1. The van der Waals surface area contributed by atoms with Crippen molar-refractivity contribution in [3.63, 3.8) is 0 Å². The molecule has 19 heavy (non-hydrogen) atoms. The molecule has 0 bridgehead atoms. The lowest BCUT2D eigenvalue weighted by Gasteiger charge is -2.23. The number of carbonyl (C=O) groups is 1. The van der Waals surface area contributed by atoms with Crippen molar-refractivity contribution in [3.8, 4) is 5.97 Å². The van der Waals surface area contributed by atoms with Gasteiger partial charge in [-0.15, -0.1) is 0 Å². The first-order chi connectivity index (χ1) is 9.13. The van der Waals surface area contributed by atoms with Gasteiger partial charge >= 0.3 is 0 Å². The highest BCUT2D eigenvalue weighted by Gasteiger charge is 2.52. The smallest absolute Gasteiger partial charge is 0.271 e. The van der Waals surface area contributed by atoms with E-state index in [0.717, 1.165) is 25.0 Å². The summed E-state index contributed by atoms with van der Waals surface area (Å²) in [4.78, 5) is 14.2.